The minimum absolute atomic E-state index is 0.319. The maximum atomic E-state index is 12.2. The molecule has 142 valence electrons. The quantitative estimate of drug-likeness (QED) is 0.497. The zero-order valence-corrected chi connectivity index (χ0v) is 16.3. The van der Waals surface area contributed by atoms with Gasteiger partial charge < -0.3 is 5.32 Å². The predicted molar refractivity (Wildman–Crippen MR) is 106 cm³/mol. The van der Waals surface area contributed by atoms with Crippen molar-refractivity contribution in [2.24, 2.45) is 0 Å². The molecule has 1 aromatic carbocycles. The summed E-state index contributed by atoms with van der Waals surface area (Å²) in [6.07, 6.45) is 5.95. The molecule has 1 aliphatic carbocycles. The molecule has 0 spiro atoms. The monoisotopic (exact) mass is 396 g/mol. The Labute approximate surface area is 159 Å². The second-order valence-electron chi connectivity index (χ2n) is 6.14. The third-order valence-corrected chi connectivity index (χ3v) is 5.74. The van der Waals surface area contributed by atoms with E-state index in [1.807, 2.05) is 18.2 Å². The Morgan fingerprint density at radius 1 is 1.23 bits per heavy atom. The molecule has 0 radical (unpaired) electrons. The summed E-state index contributed by atoms with van der Waals surface area (Å²) in [5, 5.41) is 4.53. The summed E-state index contributed by atoms with van der Waals surface area (Å²) in [7, 11) is -2.35. The molecule has 0 unspecified atom stereocenters. The van der Waals surface area contributed by atoms with E-state index < -0.39 is 15.9 Å². The van der Waals surface area contributed by atoms with Gasteiger partial charge in [0.25, 0.3) is 5.91 Å². The molecule has 0 aromatic heterocycles. The first-order valence-electron chi connectivity index (χ1n) is 8.41. The van der Waals surface area contributed by atoms with Gasteiger partial charge in [-0.25, -0.2) is 8.42 Å². The van der Waals surface area contributed by atoms with Gasteiger partial charge in [0.1, 0.15) is 0 Å². The van der Waals surface area contributed by atoms with Crippen LogP contribution < -0.4 is 16.2 Å². The zero-order chi connectivity index (χ0) is 19.0. The standard InChI is InChI=1S/C17H24N4O3S2/c1-21(26(23,24)12-11-14-7-3-2-4-8-14)13-16(22)19-20-17(25)18-15-9-5-6-10-15/h2-4,7-8,11-12,15H,5-6,9-10,13H2,1H3,(H,19,22)(H2,18,20,25)/b12-11+. The molecule has 0 saturated heterocycles. The summed E-state index contributed by atoms with van der Waals surface area (Å²) >= 11 is 5.11. The number of hydrogen-bond donors (Lipinski definition) is 3. The fraction of sp³-hybridized carbons (Fsp3) is 0.412. The minimum atomic E-state index is -3.70. The van der Waals surface area contributed by atoms with Gasteiger partial charge in [-0.2, -0.15) is 4.31 Å². The normalized spacial score (nSPS) is 15.3. The van der Waals surface area contributed by atoms with Crippen molar-refractivity contribution in [1.82, 2.24) is 20.5 Å². The Morgan fingerprint density at radius 2 is 1.88 bits per heavy atom. The molecule has 7 nitrogen and oxygen atoms in total. The first kappa shape index (κ1) is 20.3. The van der Waals surface area contributed by atoms with E-state index in [1.54, 1.807) is 12.1 Å². The van der Waals surface area contributed by atoms with Gasteiger partial charge in [0.05, 0.1) is 6.54 Å². The third kappa shape index (κ3) is 6.74. The lowest BCUT2D eigenvalue weighted by atomic mass is 10.2. The maximum Gasteiger partial charge on any atom is 0.253 e. The van der Waals surface area contributed by atoms with Crippen molar-refractivity contribution in [2.75, 3.05) is 13.6 Å². The Morgan fingerprint density at radius 3 is 2.54 bits per heavy atom. The second-order valence-corrected chi connectivity index (χ2v) is 8.48. The molecule has 1 fully saturated rings. The predicted octanol–water partition coefficient (Wildman–Crippen LogP) is 1.36. The van der Waals surface area contributed by atoms with Gasteiger partial charge in [-0.3, -0.25) is 15.6 Å². The summed E-state index contributed by atoms with van der Waals surface area (Å²) in [5.74, 6) is -0.500. The Kier molecular flexibility index (Phi) is 7.55. The van der Waals surface area contributed by atoms with Crippen LogP contribution in [0.1, 0.15) is 31.2 Å². The summed E-state index contributed by atoms with van der Waals surface area (Å²) in [4.78, 5) is 11.9. The molecule has 0 bridgehead atoms. The fourth-order valence-electron chi connectivity index (χ4n) is 2.58. The van der Waals surface area contributed by atoms with Gasteiger partial charge in [-0.1, -0.05) is 43.2 Å². The van der Waals surface area contributed by atoms with E-state index >= 15 is 0 Å². The average Bonchev–Trinajstić information content (AvgIpc) is 3.12. The lowest BCUT2D eigenvalue weighted by Gasteiger charge is -2.18. The SMILES string of the molecule is CN(CC(=O)NNC(=S)NC1CCCC1)S(=O)(=O)/C=C/c1ccccc1. The number of likely N-dealkylation sites (N-methyl/N-ethyl adjacent to an activating group) is 1. The van der Waals surface area contributed by atoms with Crippen molar-refractivity contribution in [2.45, 2.75) is 31.7 Å². The summed E-state index contributed by atoms with van der Waals surface area (Å²) in [6.45, 7) is -0.319. The summed E-state index contributed by atoms with van der Waals surface area (Å²) < 4.78 is 25.4. The van der Waals surface area contributed by atoms with Crippen molar-refractivity contribution in [3.05, 3.63) is 41.3 Å². The molecule has 1 amide bonds. The zero-order valence-electron chi connectivity index (χ0n) is 14.6. The van der Waals surface area contributed by atoms with Crippen molar-refractivity contribution < 1.29 is 13.2 Å². The molecule has 0 heterocycles. The number of amides is 1. The lowest BCUT2D eigenvalue weighted by molar-refractivity contribution is -0.121. The summed E-state index contributed by atoms with van der Waals surface area (Å²) in [5.41, 5.74) is 5.78. The number of benzene rings is 1. The average molecular weight is 397 g/mol. The van der Waals surface area contributed by atoms with E-state index in [2.05, 4.69) is 16.2 Å². The third-order valence-electron chi connectivity index (χ3n) is 4.04. The van der Waals surface area contributed by atoms with Crippen LogP contribution in [0.4, 0.5) is 0 Å². The van der Waals surface area contributed by atoms with Crippen molar-refractivity contribution in [3.8, 4) is 0 Å². The molecule has 2 rings (SSSR count). The van der Waals surface area contributed by atoms with Crippen molar-refractivity contribution in [3.63, 3.8) is 0 Å². The summed E-state index contributed by atoms with van der Waals surface area (Å²) in [6, 6.07) is 9.40. The number of carbonyl (C=O) groups is 1. The molecule has 0 aliphatic heterocycles. The van der Waals surface area contributed by atoms with Crippen LogP contribution >= 0.6 is 12.2 Å². The molecule has 1 aromatic rings. The Balaban J connectivity index is 1.77. The van der Waals surface area contributed by atoms with E-state index in [0.717, 1.165) is 28.1 Å². The van der Waals surface area contributed by atoms with Crippen LogP contribution in [0.25, 0.3) is 6.08 Å². The van der Waals surface area contributed by atoms with Gasteiger partial charge in [-0.15, -0.1) is 0 Å². The number of carbonyl (C=O) groups excluding carboxylic acids is 1. The Bertz CT molecular complexity index is 745. The molecular formula is C17H24N4O3S2. The van der Waals surface area contributed by atoms with Crippen LogP contribution in [0, 0.1) is 0 Å². The van der Waals surface area contributed by atoms with Gasteiger partial charge in [0.15, 0.2) is 5.11 Å². The van der Waals surface area contributed by atoms with Gasteiger partial charge in [0, 0.05) is 18.5 Å². The largest absolute Gasteiger partial charge is 0.359 e. The maximum absolute atomic E-state index is 12.2. The van der Waals surface area contributed by atoms with Crippen molar-refractivity contribution >= 4 is 39.3 Å². The molecule has 26 heavy (non-hydrogen) atoms. The first-order chi connectivity index (χ1) is 12.4. The molecule has 1 saturated carbocycles. The highest BCUT2D eigenvalue weighted by atomic mass is 32.2. The fourth-order valence-corrected chi connectivity index (χ4v) is 3.63. The highest BCUT2D eigenvalue weighted by Gasteiger charge is 2.18. The van der Waals surface area contributed by atoms with Crippen LogP contribution in [-0.2, 0) is 14.8 Å². The van der Waals surface area contributed by atoms with Crippen LogP contribution in [0.3, 0.4) is 0 Å². The van der Waals surface area contributed by atoms with Gasteiger partial charge >= 0.3 is 0 Å². The van der Waals surface area contributed by atoms with E-state index in [0.29, 0.717) is 11.2 Å². The van der Waals surface area contributed by atoms with Gasteiger partial charge in [0.2, 0.25) is 10.0 Å². The van der Waals surface area contributed by atoms with E-state index in [9.17, 15) is 13.2 Å². The minimum Gasteiger partial charge on any atom is -0.359 e. The number of hydrogen-bond acceptors (Lipinski definition) is 4. The van der Waals surface area contributed by atoms with Crippen LogP contribution in [0.5, 0.6) is 0 Å². The Hall–Kier alpha value is -1.97. The number of rotatable bonds is 6. The topological polar surface area (TPSA) is 90.5 Å². The lowest BCUT2D eigenvalue weighted by Crippen LogP contribution is -2.51. The molecule has 1 aliphatic rings. The molecule has 0 atom stereocenters. The van der Waals surface area contributed by atoms with E-state index in [1.165, 1.54) is 26.0 Å². The highest BCUT2D eigenvalue weighted by molar-refractivity contribution is 7.92. The number of nitrogens with one attached hydrogen (secondary N) is 3. The number of sulfonamides is 1. The number of hydrazine groups is 1. The van der Waals surface area contributed by atoms with Crippen molar-refractivity contribution in [1.29, 1.82) is 0 Å². The van der Waals surface area contributed by atoms with Gasteiger partial charge in [-0.05, 0) is 36.7 Å². The van der Waals surface area contributed by atoms with Crippen LogP contribution in [-0.4, -0.2) is 43.4 Å². The highest BCUT2D eigenvalue weighted by Crippen LogP contribution is 2.17. The second kappa shape index (κ2) is 9.65. The van der Waals surface area contributed by atoms with Crippen LogP contribution in [0.15, 0.2) is 35.7 Å². The molecular weight excluding hydrogens is 372 g/mol. The van der Waals surface area contributed by atoms with E-state index in [4.69, 9.17) is 12.2 Å². The molecule has 9 heteroatoms. The first-order valence-corrected chi connectivity index (χ1v) is 10.3. The smallest absolute Gasteiger partial charge is 0.253 e. The molecule has 3 N–H and O–H groups in total. The number of nitrogens with zero attached hydrogens (tertiary/aromatic N) is 1. The number of thiocarbonyl (C=S) groups is 1. The van der Waals surface area contributed by atoms with E-state index in [-0.39, 0.29) is 6.54 Å². The van der Waals surface area contributed by atoms with Crippen LogP contribution in [0.2, 0.25) is 0 Å².